The first kappa shape index (κ1) is 14.0. The SMILES string of the molecule is COc1c(C(C)(O)CC(C)C)ccc(C)c1C. The maximum atomic E-state index is 10.6. The predicted octanol–water partition coefficient (Wildman–Crippen LogP) is 3.57. The molecule has 0 spiro atoms. The summed E-state index contributed by atoms with van der Waals surface area (Å²) in [5.74, 6) is 1.26. The van der Waals surface area contributed by atoms with Gasteiger partial charge in [-0.15, -0.1) is 0 Å². The van der Waals surface area contributed by atoms with E-state index in [2.05, 4.69) is 20.8 Å². The summed E-state index contributed by atoms with van der Waals surface area (Å²) in [5, 5.41) is 10.6. The number of benzene rings is 1. The fourth-order valence-corrected chi connectivity index (χ4v) is 2.38. The van der Waals surface area contributed by atoms with E-state index in [1.807, 2.05) is 26.0 Å². The molecule has 1 aromatic rings. The average molecular weight is 236 g/mol. The van der Waals surface area contributed by atoms with Gasteiger partial charge in [-0.25, -0.2) is 0 Å². The molecule has 0 aromatic heterocycles. The van der Waals surface area contributed by atoms with Gasteiger partial charge in [-0.05, 0) is 44.2 Å². The van der Waals surface area contributed by atoms with E-state index >= 15 is 0 Å². The zero-order valence-electron chi connectivity index (χ0n) is 11.8. The first-order valence-corrected chi connectivity index (χ1v) is 6.16. The monoisotopic (exact) mass is 236 g/mol. The van der Waals surface area contributed by atoms with E-state index in [1.54, 1.807) is 7.11 Å². The standard InChI is InChI=1S/C15H24O2/c1-10(2)9-15(5,16)13-8-7-11(3)12(4)14(13)17-6/h7-8,10,16H,9H2,1-6H3. The topological polar surface area (TPSA) is 29.5 Å². The Hall–Kier alpha value is -1.02. The van der Waals surface area contributed by atoms with E-state index in [-0.39, 0.29) is 0 Å². The molecule has 0 fully saturated rings. The maximum absolute atomic E-state index is 10.6. The minimum absolute atomic E-state index is 0.441. The van der Waals surface area contributed by atoms with Gasteiger partial charge in [0.05, 0.1) is 12.7 Å². The van der Waals surface area contributed by atoms with Gasteiger partial charge < -0.3 is 9.84 Å². The van der Waals surface area contributed by atoms with Crippen LogP contribution in [0.4, 0.5) is 0 Å². The van der Waals surface area contributed by atoms with E-state index < -0.39 is 5.60 Å². The van der Waals surface area contributed by atoms with Crippen LogP contribution in [0.1, 0.15) is 43.9 Å². The van der Waals surface area contributed by atoms with Crippen LogP contribution in [0.25, 0.3) is 0 Å². The van der Waals surface area contributed by atoms with E-state index in [1.165, 1.54) is 5.56 Å². The van der Waals surface area contributed by atoms with Gasteiger partial charge in [0.15, 0.2) is 0 Å². The summed E-state index contributed by atoms with van der Waals surface area (Å²) in [5.41, 5.74) is 2.34. The predicted molar refractivity (Wildman–Crippen MR) is 71.5 cm³/mol. The second-order valence-corrected chi connectivity index (χ2v) is 5.46. The minimum Gasteiger partial charge on any atom is -0.496 e. The van der Waals surface area contributed by atoms with E-state index in [9.17, 15) is 5.11 Å². The molecule has 0 aliphatic carbocycles. The highest BCUT2D eigenvalue weighted by Crippen LogP contribution is 2.37. The van der Waals surface area contributed by atoms with Gasteiger partial charge in [-0.2, -0.15) is 0 Å². The number of methoxy groups -OCH3 is 1. The van der Waals surface area contributed by atoms with Crippen molar-refractivity contribution in [3.63, 3.8) is 0 Å². The Morgan fingerprint density at radius 3 is 2.35 bits per heavy atom. The lowest BCUT2D eigenvalue weighted by Crippen LogP contribution is -2.24. The molecule has 0 saturated heterocycles. The van der Waals surface area contributed by atoms with Gasteiger partial charge in [0.2, 0.25) is 0 Å². The third-order valence-corrected chi connectivity index (χ3v) is 3.27. The first-order chi connectivity index (χ1) is 7.79. The summed E-state index contributed by atoms with van der Waals surface area (Å²) in [7, 11) is 1.66. The van der Waals surface area contributed by atoms with Crippen molar-refractivity contribution in [3.05, 3.63) is 28.8 Å². The van der Waals surface area contributed by atoms with Crippen LogP contribution in [-0.4, -0.2) is 12.2 Å². The second-order valence-electron chi connectivity index (χ2n) is 5.46. The fraction of sp³-hybridized carbons (Fsp3) is 0.600. The first-order valence-electron chi connectivity index (χ1n) is 6.16. The Kier molecular flexibility index (Phi) is 4.21. The van der Waals surface area contributed by atoms with Crippen molar-refractivity contribution in [2.24, 2.45) is 5.92 Å². The van der Waals surface area contributed by atoms with Gasteiger partial charge in [0.1, 0.15) is 5.75 Å². The van der Waals surface area contributed by atoms with Crippen molar-refractivity contribution < 1.29 is 9.84 Å². The van der Waals surface area contributed by atoms with Crippen LogP contribution in [0.15, 0.2) is 12.1 Å². The molecule has 96 valence electrons. The number of aliphatic hydroxyl groups is 1. The summed E-state index contributed by atoms with van der Waals surface area (Å²) in [4.78, 5) is 0. The summed E-state index contributed by atoms with van der Waals surface area (Å²) < 4.78 is 5.46. The average Bonchev–Trinajstić information content (AvgIpc) is 2.19. The Labute approximate surface area is 105 Å². The Bertz CT molecular complexity index is 392. The van der Waals surface area contributed by atoms with Gasteiger partial charge in [-0.1, -0.05) is 26.0 Å². The van der Waals surface area contributed by atoms with Gasteiger partial charge in [0.25, 0.3) is 0 Å². The number of ether oxygens (including phenoxy) is 1. The molecule has 0 amide bonds. The molecule has 0 radical (unpaired) electrons. The lowest BCUT2D eigenvalue weighted by Gasteiger charge is -2.28. The van der Waals surface area contributed by atoms with Crippen molar-refractivity contribution in [2.75, 3.05) is 7.11 Å². The molecule has 1 aromatic carbocycles. The van der Waals surface area contributed by atoms with Crippen molar-refractivity contribution in [2.45, 2.75) is 46.6 Å². The second kappa shape index (κ2) is 5.09. The zero-order chi connectivity index (χ0) is 13.2. The van der Waals surface area contributed by atoms with Crippen LogP contribution in [0.2, 0.25) is 0 Å². The molecule has 1 N–H and O–H groups in total. The molecule has 1 atom stereocenters. The molecule has 2 nitrogen and oxygen atoms in total. The van der Waals surface area contributed by atoms with Gasteiger partial charge in [0, 0.05) is 5.56 Å². The highest BCUT2D eigenvalue weighted by Gasteiger charge is 2.28. The molecular weight excluding hydrogens is 212 g/mol. The van der Waals surface area contributed by atoms with Crippen molar-refractivity contribution in [3.8, 4) is 5.75 Å². The molecule has 1 unspecified atom stereocenters. The number of hydrogen-bond acceptors (Lipinski definition) is 2. The summed E-state index contributed by atoms with van der Waals surface area (Å²) in [6.07, 6.45) is 0.728. The molecule has 0 bridgehead atoms. The van der Waals surface area contributed by atoms with Gasteiger partial charge in [-0.3, -0.25) is 0 Å². The largest absolute Gasteiger partial charge is 0.496 e. The highest BCUT2D eigenvalue weighted by molar-refractivity contribution is 5.47. The summed E-state index contributed by atoms with van der Waals surface area (Å²) in [6.45, 7) is 10.2. The van der Waals surface area contributed by atoms with E-state index in [0.29, 0.717) is 5.92 Å². The van der Waals surface area contributed by atoms with E-state index in [0.717, 1.165) is 23.3 Å². The number of aryl methyl sites for hydroxylation is 1. The molecule has 0 aliphatic rings. The third-order valence-electron chi connectivity index (χ3n) is 3.27. The number of hydrogen-bond donors (Lipinski definition) is 1. The van der Waals surface area contributed by atoms with Crippen LogP contribution >= 0.6 is 0 Å². The smallest absolute Gasteiger partial charge is 0.128 e. The number of rotatable bonds is 4. The van der Waals surface area contributed by atoms with Crippen LogP contribution < -0.4 is 4.74 Å². The zero-order valence-corrected chi connectivity index (χ0v) is 11.8. The van der Waals surface area contributed by atoms with Crippen molar-refractivity contribution >= 4 is 0 Å². The Balaban J connectivity index is 3.26. The van der Waals surface area contributed by atoms with Crippen molar-refractivity contribution in [1.29, 1.82) is 0 Å². The summed E-state index contributed by atoms with van der Waals surface area (Å²) in [6, 6.07) is 4.02. The van der Waals surface area contributed by atoms with Crippen molar-refractivity contribution in [1.82, 2.24) is 0 Å². The van der Waals surface area contributed by atoms with Crippen LogP contribution in [0.5, 0.6) is 5.75 Å². The molecule has 2 heteroatoms. The molecule has 1 rings (SSSR count). The third kappa shape index (κ3) is 3.01. The fourth-order valence-electron chi connectivity index (χ4n) is 2.38. The van der Waals surface area contributed by atoms with E-state index in [4.69, 9.17) is 4.74 Å². The molecular formula is C15H24O2. The van der Waals surface area contributed by atoms with Crippen LogP contribution in [0.3, 0.4) is 0 Å². The summed E-state index contributed by atoms with van der Waals surface area (Å²) >= 11 is 0. The molecule has 0 heterocycles. The van der Waals surface area contributed by atoms with Gasteiger partial charge >= 0.3 is 0 Å². The Morgan fingerprint density at radius 2 is 1.88 bits per heavy atom. The minimum atomic E-state index is -0.835. The maximum Gasteiger partial charge on any atom is 0.128 e. The lowest BCUT2D eigenvalue weighted by molar-refractivity contribution is 0.0324. The Morgan fingerprint density at radius 1 is 1.29 bits per heavy atom. The van der Waals surface area contributed by atoms with Crippen LogP contribution in [0, 0.1) is 19.8 Å². The lowest BCUT2D eigenvalue weighted by atomic mass is 9.85. The molecule has 0 saturated carbocycles. The highest BCUT2D eigenvalue weighted by atomic mass is 16.5. The molecule has 0 aliphatic heterocycles. The quantitative estimate of drug-likeness (QED) is 0.866. The normalized spacial score (nSPS) is 14.8. The molecule has 17 heavy (non-hydrogen) atoms. The van der Waals surface area contributed by atoms with Crippen LogP contribution in [-0.2, 0) is 5.60 Å².